The lowest BCUT2D eigenvalue weighted by molar-refractivity contribution is 0.282. The molecule has 0 radical (unpaired) electrons. The first kappa shape index (κ1) is 18.6. The number of nitriles is 1. The largest absolute Gasteiger partial charge is 0.392 e. The first-order chi connectivity index (χ1) is 12.8. The molecule has 0 aliphatic carbocycles. The Kier molecular flexibility index (Phi) is 4.94. The van der Waals surface area contributed by atoms with Gasteiger partial charge in [0.15, 0.2) is 0 Å². The zero-order valence-corrected chi connectivity index (χ0v) is 14.5. The summed E-state index contributed by atoms with van der Waals surface area (Å²) < 4.78 is 55.0. The van der Waals surface area contributed by atoms with Gasteiger partial charge in [-0.05, 0) is 42.0 Å². The van der Waals surface area contributed by atoms with Gasteiger partial charge in [-0.1, -0.05) is 6.07 Å². The van der Waals surface area contributed by atoms with Crippen LogP contribution in [0.25, 0.3) is 11.3 Å². The summed E-state index contributed by atoms with van der Waals surface area (Å²) in [7, 11) is -4.15. The van der Waals surface area contributed by atoms with Crippen LogP contribution in [-0.4, -0.2) is 18.5 Å². The molecular weight excluding hydrogens is 376 g/mol. The van der Waals surface area contributed by atoms with Crippen molar-refractivity contribution in [2.45, 2.75) is 11.5 Å². The van der Waals surface area contributed by atoms with Gasteiger partial charge >= 0.3 is 0 Å². The van der Waals surface area contributed by atoms with Crippen LogP contribution in [0.3, 0.4) is 0 Å². The van der Waals surface area contributed by atoms with Crippen molar-refractivity contribution < 1.29 is 22.3 Å². The number of nitrogens with zero attached hydrogens (tertiary/aromatic N) is 1. The SMILES string of the molecule is N#Cc1ccc(NS(=O)(=O)c2c[nH]c(-c3cc(CO)ccc3F)c2)c(F)c1. The van der Waals surface area contributed by atoms with Crippen LogP contribution < -0.4 is 4.72 Å². The molecule has 0 saturated carbocycles. The van der Waals surface area contributed by atoms with Gasteiger partial charge in [0.1, 0.15) is 16.5 Å². The smallest absolute Gasteiger partial charge is 0.263 e. The molecule has 0 aliphatic rings. The Morgan fingerprint density at radius 3 is 2.56 bits per heavy atom. The third kappa shape index (κ3) is 3.81. The number of hydrogen-bond donors (Lipinski definition) is 3. The number of aromatic amines is 1. The van der Waals surface area contributed by atoms with Crippen molar-refractivity contribution in [3.8, 4) is 17.3 Å². The zero-order valence-electron chi connectivity index (χ0n) is 13.7. The Labute approximate surface area is 153 Å². The Hall–Kier alpha value is -3.22. The van der Waals surface area contributed by atoms with Gasteiger partial charge in [0.2, 0.25) is 0 Å². The van der Waals surface area contributed by atoms with Crippen LogP contribution in [0, 0.1) is 23.0 Å². The molecule has 3 N–H and O–H groups in total. The highest BCUT2D eigenvalue weighted by atomic mass is 32.2. The van der Waals surface area contributed by atoms with E-state index in [1.807, 2.05) is 0 Å². The number of anilines is 1. The van der Waals surface area contributed by atoms with Gasteiger partial charge in [-0.3, -0.25) is 4.72 Å². The minimum absolute atomic E-state index is 0.0543. The van der Waals surface area contributed by atoms with E-state index in [2.05, 4.69) is 9.71 Å². The summed E-state index contributed by atoms with van der Waals surface area (Å²) in [6.07, 6.45) is 1.14. The van der Waals surface area contributed by atoms with E-state index in [-0.39, 0.29) is 34.0 Å². The van der Waals surface area contributed by atoms with Gasteiger partial charge in [0.25, 0.3) is 10.0 Å². The molecule has 1 aromatic heterocycles. The quantitative estimate of drug-likeness (QED) is 0.623. The summed E-state index contributed by atoms with van der Waals surface area (Å²) in [6, 6.07) is 10.3. The number of hydrogen-bond acceptors (Lipinski definition) is 4. The topological polar surface area (TPSA) is 106 Å². The number of aliphatic hydroxyl groups excluding tert-OH is 1. The molecule has 3 aromatic rings. The molecule has 1 heterocycles. The Balaban J connectivity index is 1.93. The van der Waals surface area contributed by atoms with Crippen molar-refractivity contribution in [1.82, 2.24) is 4.98 Å². The van der Waals surface area contributed by atoms with Crippen LogP contribution in [0.15, 0.2) is 53.6 Å². The van der Waals surface area contributed by atoms with Crippen molar-refractivity contribution in [2.75, 3.05) is 4.72 Å². The summed E-state index contributed by atoms with van der Waals surface area (Å²) in [4.78, 5) is 2.43. The van der Waals surface area contributed by atoms with E-state index < -0.39 is 21.7 Å². The van der Waals surface area contributed by atoms with E-state index in [1.165, 1.54) is 30.3 Å². The molecule has 0 unspecified atom stereocenters. The fraction of sp³-hybridized carbons (Fsp3) is 0.0556. The number of aromatic nitrogens is 1. The number of nitrogens with one attached hydrogen (secondary N) is 2. The standard InChI is InChI=1S/C18H13F2N3O3S/c19-15-3-1-12(10-24)5-14(15)18-7-13(9-22-18)27(25,26)23-17-4-2-11(8-21)6-16(17)20/h1-7,9,22-24H,10H2. The molecule has 2 aromatic carbocycles. The third-order valence-corrected chi connectivity index (χ3v) is 5.16. The Morgan fingerprint density at radius 2 is 1.89 bits per heavy atom. The van der Waals surface area contributed by atoms with Crippen molar-refractivity contribution in [2.24, 2.45) is 0 Å². The molecule has 0 amide bonds. The molecule has 0 spiro atoms. The number of rotatable bonds is 5. The molecule has 9 heteroatoms. The molecule has 0 saturated heterocycles. The van der Waals surface area contributed by atoms with Gasteiger partial charge < -0.3 is 10.1 Å². The second kappa shape index (κ2) is 7.19. The average Bonchev–Trinajstić information content (AvgIpc) is 3.14. The lowest BCUT2D eigenvalue weighted by Gasteiger charge is -2.07. The minimum atomic E-state index is -4.15. The average molecular weight is 389 g/mol. The predicted octanol–water partition coefficient (Wildman–Crippen LogP) is 3.12. The summed E-state index contributed by atoms with van der Waals surface area (Å²) in [5.41, 5.74) is 0.475. The molecule has 27 heavy (non-hydrogen) atoms. The van der Waals surface area contributed by atoms with E-state index in [4.69, 9.17) is 10.4 Å². The van der Waals surface area contributed by atoms with E-state index in [0.29, 0.717) is 5.56 Å². The van der Waals surface area contributed by atoms with Crippen LogP contribution >= 0.6 is 0 Å². The number of benzene rings is 2. The number of halogens is 2. The van der Waals surface area contributed by atoms with Crippen molar-refractivity contribution in [1.29, 1.82) is 5.26 Å². The summed E-state index contributed by atoms with van der Waals surface area (Å²) >= 11 is 0. The fourth-order valence-corrected chi connectivity index (χ4v) is 3.49. The van der Waals surface area contributed by atoms with Crippen LogP contribution in [0.2, 0.25) is 0 Å². The third-order valence-electron chi connectivity index (χ3n) is 3.81. The highest BCUT2D eigenvalue weighted by Gasteiger charge is 2.20. The van der Waals surface area contributed by atoms with Crippen LogP contribution in [-0.2, 0) is 16.6 Å². The predicted molar refractivity (Wildman–Crippen MR) is 94.0 cm³/mol. The molecule has 0 atom stereocenters. The molecule has 0 aliphatic heterocycles. The second-order valence-corrected chi connectivity index (χ2v) is 7.32. The maximum absolute atomic E-state index is 14.0. The molecule has 138 valence electrons. The maximum atomic E-state index is 14.0. The molecule has 3 rings (SSSR count). The van der Waals surface area contributed by atoms with E-state index in [1.54, 1.807) is 6.07 Å². The van der Waals surface area contributed by atoms with Crippen LogP contribution in [0.4, 0.5) is 14.5 Å². The summed E-state index contributed by atoms with van der Waals surface area (Å²) in [6.45, 7) is -0.293. The lowest BCUT2D eigenvalue weighted by atomic mass is 10.1. The van der Waals surface area contributed by atoms with Gasteiger partial charge in [0, 0.05) is 17.5 Å². The highest BCUT2D eigenvalue weighted by molar-refractivity contribution is 7.92. The minimum Gasteiger partial charge on any atom is -0.392 e. The highest BCUT2D eigenvalue weighted by Crippen LogP contribution is 2.27. The Bertz CT molecular complexity index is 1150. The van der Waals surface area contributed by atoms with E-state index in [0.717, 1.165) is 18.3 Å². The summed E-state index contributed by atoms with van der Waals surface area (Å²) in [5, 5.41) is 17.9. The lowest BCUT2D eigenvalue weighted by Crippen LogP contribution is -2.13. The molecule has 0 bridgehead atoms. The van der Waals surface area contributed by atoms with Crippen molar-refractivity contribution >= 4 is 15.7 Å². The molecular formula is C18H13F2N3O3S. The first-order valence-electron chi connectivity index (χ1n) is 7.64. The summed E-state index contributed by atoms with van der Waals surface area (Å²) in [5.74, 6) is -1.49. The molecule has 6 nitrogen and oxygen atoms in total. The fourth-order valence-electron chi connectivity index (χ4n) is 2.43. The van der Waals surface area contributed by atoms with Gasteiger partial charge in [0.05, 0.1) is 23.9 Å². The van der Waals surface area contributed by atoms with Gasteiger partial charge in [-0.25, -0.2) is 17.2 Å². The monoisotopic (exact) mass is 389 g/mol. The van der Waals surface area contributed by atoms with Crippen molar-refractivity contribution in [3.63, 3.8) is 0 Å². The van der Waals surface area contributed by atoms with E-state index in [9.17, 15) is 17.2 Å². The second-order valence-electron chi connectivity index (χ2n) is 5.63. The van der Waals surface area contributed by atoms with Crippen LogP contribution in [0.1, 0.15) is 11.1 Å². The van der Waals surface area contributed by atoms with Crippen molar-refractivity contribution in [3.05, 3.63) is 71.4 Å². The molecule has 0 fully saturated rings. The maximum Gasteiger partial charge on any atom is 0.263 e. The number of H-pyrrole nitrogens is 1. The number of sulfonamides is 1. The number of aliphatic hydroxyl groups is 1. The van der Waals surface area contributed by atoms with Gasteiger partial charge in [-0.2, -0.15) is 5.26 Å². The Morgan fingerprint density at radius 1 is 1.11 bits per heavy atom. The normalized spacial score (nSPS) is 11.2. The van der Waals surface area contributed by atoms with Gasteiger partial charge in [-0.15, -0.1) is 0 Å². The zero-order chi connectivity index (χ0) is 19.6. The first-order valence-corrected chi connectivity index (χ1v) is 9.13. The van der Waals surface area contributed by atoms with Crippen LogP contribution in [0.5, 0.6) is 0 Å². The van der Waals surface area contributed by atoms with E-state index >= 15 is 0 Å².